The number of ketones is 1. The molecule has 10 nitrogen and oxygen atoms in total. The number of piperidine rings is 1. The van der Waals surface area contributed by atoms with Crippen LogP contribution >= 0.6 is 0 Å². The molecule has 5 heterocycles. The van der Waals surface area contributed by atoms with E-state index in [1.807, 2.05) is 31.9 Å². The lowest BCUT2D eigenvalue weighted by Gasteiger charge is -2.63. The SMILES string of the molecule is CC[C@]1(O)C[C@H]2CN(CCC3=C(Cc4ccccc43)[C@@](C(=O)OC)(c3cc4c(cc3OC)N(C)[C@H]3[C@@](O)(C(C)=O)[C@H](O)[C@]5(CC)C=CCN6CC[C@]43[C@@H]65)C2)C1. The number of rotatable bonds is 6. The number of carbonyl (C=O) groups excluding carboxylic acids is 2. The lowest BCUT2D eigenvalue weighted by atomic mass is 9.47. The Hall–Kier alpha value is -3.54. The Kier molecular flexibility index (Phi) is 8.41. The molecule has 2 saturated heterocycles. The quantitative estimate of drug-likeness (QED) is 0.293. The Labute approximate surface area is 324 Å². The van der Waals surface area contributed by atoms with E-state index in [-0.39, 0.29) is 17.9 Å². The molecular formula is C45H57N3O7. The summed E-state index contributed by atoms with van der Waals surface area (Å²) in [7, 11) is 5.04. The van der Waals surface area contributed by atoms with Gasteiger partial charge >= 0.3 is 5.97 Å². The highest BCUT2D eigenvalue weighted by Crippen LogP contribution is 2.68. The molecule has 0 amide bonds. The molecule has 10 atom stereocenters. The van der Waals surface area contributed by atoms with Crippen LogP contribution in [-0.4, -0.2) is 120 Å². The number of hydrogen-bond acceptors (Lipinski definition) is 10. The van der Waals surface area contributed by atoms with Gasteiger partial charge in [-0.05, 0) is 98.2 Å². The lowest BCUT2D eigenvalue weighted by Crippen LogP contribution is -2.80. The second-order valence-electron chi connectivity index (χ2n) is 17.9. The van der Waals surface area contributed by atoms with Crippen molar-refractivity contribution in [2.75, 3.05) is 58.9 Å². The van der Waals surface area contributed by atoms with E-state index < -0.39 is 45.4 Å². The van der Waals surface area contributed by atoms with Gasteiger partial charge in [-0.3, -0.25) is 19.4 Å². The third kappa shape index (κ3) is 4.60. The number of likely N-dealkylation sites (N-methyl/N-ethyl adjacent to an activating group) is 1. The van der Waals surface area contributed by atoms with Crippen LogP contribution < -0.4 is 9.64 Å². The van der Waals surface area contributed by atoms with E-state index in [2.05, 4.69) is 52.3 Å². The largest absolute Gasteiger partial charge is 0.496 e. The van der Waals surface area contributed by atoms with Crippen LogP contribution in [0.1, 0.15) is 81.5 Å². The molecule has 7 aliphatic rings. The molecule has 1 unspecified atom stereocenters. The minimum atomic E-state index is -2.07. The first-order valence-electron chi connectivity index (χ1n) is 20.4. The monoisotopic (exact) mass is 751 g/mol. The molecule has 0 aromatic heterocycles. The molecule has 2 bridgehead atoms. The first kappa shape index (κ1) is 37.1. The second-order valence-corrected chi connectivity index (χ2v) is 17.9. The molecule has 294 valence electrons. The van der Waals surface area contributed by atoms with E-state index in [0.717, 1.165) is 59.6 Å². The maximum atomic E-state index is 15.3. The highest BCUT2D eigenvalue weighted by Gasteiger charge is 2.78. The number of fused-ring (bicyclic) bond motifs is 5. The van der Waals surface area contributed by atoms with E-state index in [9.17, 15) is 20.1 Å². The Morgan fingerprint density at radius 2 is 1.78 bits per heavy atom. The fraction of sp³-hybridized carbons (Fsp3) is 0.600. The number of esters is 1. The first-order chi connectivity index (χ1) is 26.3. The van der Waals surface area contributed by atoms with E-state index >= 15 is 4.79 Å². The van der Waals surface area contributed by atoms with Gasteiger partial charge in [0.15, 0.2) is 11.4 Å². The van der Waals surface area contributed by atoms with Crippen molar-refractivity contribution in [2.45, 2.75) is 106 Å². The van der Waals surface area contributed by atoms with Crippen LogP contribution in [0.4, 0.5) is 5.69 Å². The molecule has 3 fully saturated rings. The van der Waals surface area contributed by atoms with E-state index in [4.69, 9.17) is 9.47 Å². The van der Waals surface area contributed by atoms with Gasteiger partial charge in [-0.2, -0.15) is 0 Å². The standard InChI is InChI=1S/C45H57N3O7/c1-7-41(52)23-28-24-44(40(51)55-6,32-20-29-12-9-10-13-30(29)31(32)14-18-47(25-28)26-41)34-21-33-35(22-36(34)54-5)46(4)38-43(33)16-19-48-17-11-15-42(8-2,37(43)48)39(50)45(38,53)27(3)49/h9-13,15,21-22,28,37-39,50,52-53H,7-8,14,16-20,23-26H2,1-6H3/t28-,37+,38-,39-,41+,42-,43-,44-,45+/m1/s1. The van der Waals surface area contributed by atoms with Crippen LogP contribution in [0.3, 0.4) is 0 Å². The van der Waals surface area contributed by atoms with Crippen molar-refractivity contribution in [3.8, 4) is 5.75 Å². The number of ether oxygens (including phenoxy) is 2. The molecular weight excluding hydrogens is 695 g/mol. The summed E-state index contributed by atoms with van der Waals surface area (Å²) in [6.07, 6.45) is 6.98. The van der Waals surface area contributed by atoms with Crippen LogP contribution in [0.2, 0.25) is 0 Å². The van der Waals surface area contributed by atoms with Gasteiger partial charge < -0.3 is 29.7 Å². The minimum absolute atomic E-state index is 0.0225. The lowest BCUT2D eigenvalue weighted by molar-refractivity contribution is -0.200. The van der Waals surface area contributed by atoms with Crippen molar-refractivity contribution in [3.63, 3.8) is 0 Å². The summed E-state index contributed by atoms with van der Waals surface area (Å²) in [5, 5.41) is 37.2. The van der Waals surface area contributed by atoms with Crippen LogP contribution in [0.25, 0.3) is 5.57 Å². The highest BCUT2D eigenvalue weighted by molar-refractivity contribution is 5.95. The summed E-state index contributed by atoms with van der Waals surface area (Å²) in [4.78, 5) is 36.0. The van der Waals surface area contributed by atoms with Gasteiger partial charge in [-0.1, -0.05) is 50.3 Å². The zero-order valence-corrected chi connectivity index (χ0v) is 33.2. The number of hydrogen-bond donors (Lipinski definition) is 3. The first-order valence-corrected chi connectivity index (χ1v) is 20.4. The molecule has 1 spiro atoms. The van der Waals surface area contributed by atoms with Crippen molar-refractivity contribution < 1.29 is 34.4 Å². The van der Waals surface area contributed by atoms with Gasteiger partial charge in [0.1, 0.15) is 17.3 Å². The summed E-state index contributed by atoms with van der Waals surface area (Å²) in [5.74, 6) is -0.281. The summed E-state index contributed by atoms with van der Waals surface area (Å²) in [6, 6.07) is 11.7. The second kappa shape index (κ2) is 12.5. The van der Waals surface area contributed by atoms with E-state index in [0.29, 0.717) is 57.4 Å². The average Bonchev–Trinajstić information content (AvgIpc) is 3.84. The average molecular weight is 752 g/mol. The molecule has 55 heavy (non-hydrogen) atoms. The topological polar surface area (TPSA) is 123 Å². The molecule has 5 aliphatic heterocycles. The number of methoxy groups -OCH3 is 2. The smallest absolute Gasteiger partial charge is 0.320 e. The number of aliphatic hydroxyl groups excluding tert-OH is 1. The number of Topliss-reactive ketones (excluding diaryl/α,β-unsaturated/α-hetero) is 1. The van der Waals surface area contributed by atoms with E-state index in [1.165, 1.54) is 19.6 Å². The zero-order valence-electron chi connectivity index (χ0n) is 33.2. The summed E-state index contributed by atoms with van der Waals surface area (Å²) >= 11 is 0. The van der Waals surface area contributed by atoms with Crippen LogP contribution in [0, 0.1) is 11.3 Å². The van der Waals surface area contributed by atoms with Crippen molar-refractivity contribution >= 4 is 23.0 Å². The van der Waals surface area contributed by atoms with Gasteiger partial charge in [0, 0.05) is 67.4 Å². The number of benzene rings is 2. The maximum absolute atomic E-state index is 15.3. The van der Waals surface area contributed by atoms with Gasteiger partial charge in [0.2, 0.25) is 0 Å². The van der Waals surface area contributed by atoms with Crippen molar-refractivity contribution in [1.29, 1.82) is 0 Å². The normalized spacial score (nSPS) is 39.9. The fourth-order valence-electron chi connectivity index (χ4n) is 13.5. The Morgan fingerprint density at radius 1 is 1.00 bits per heavy atom. The Bertz CT molecular complexity index is 2030. The zero-order chi connectivity index (χ0) is 38.9. The Morgan fingerprint density at radius 3 is 2.49 bits per heavy atom. The number of nitrogens with zero attached hydrogens (tertiary/aromatic N) is 3. The molecule has 2 aliphatic carbocycles. The Balaban J connectivity index is 1.35. The van der Waals surface area contributed by atoms with E-state index in [1.54, 1.807) is 7.11 Å². The maximum Gasteiger partial charge on any atom is 0.320 e. The summed E-state index contributed by atoms with van der Waals surface area (Å²) < 4.78 is 12.3. The van der Waals surface area contributed by atoms with Gasteiger partial charge in [0.25, 0.3) is 0 Å². The highest BCUT2D eigenvalue weighted by atomic mass is 16.5. The molecule has 2 aromatic rings. The predicted octanol–water partition coefficient (Wildman–Crippen LogP) is 4.16. The molecule has 9 rings (SSSR count). The molecule has 1 saturated carbocycles. The van der Waals surface area contributed by atoms with Crippen molar-refractivity contribution in [3.05, 3.63) is 76.4 Å². The van der Waals surface area contributed by atoms with Gasteiger partial charge in [-0.15, -0.1) is 0 Å². The van der Waals surface area contributed by atoms with Gasteiger partial charge in [0.05, 0.1) is 25.9 Å². The molecule has 0 radical (unpaired) electrons. The third-order valence-corrected chi connectivity index (χ3v) is 15.8. The summed E-state index contributed by atoms with van der Waals surface area (Å²) in [5.41, 5.74) is 1.22. The number of aliphatic hydroxyl groups is 3. The van der Waals surface area contributed by atoms with Crippen molar-refractivity contribution in [1.82, 2.24) is 9.80 Å². The number of anilines is 1. The van der Waals surface area contributed by atoms with Gasteiger partial charge in [-0.25, -0.2) is 0 Å². The van der Waals surface area contributed by atoms with Crippen LogP contribution in [0.5, 0.6) is 5.75 Å². The van der Waals surface area contributed by atoms with Crippen LogP contribution in [-0.2, 0) is 31.6 Å². The number of carbonyl (C=O) groups is 2. The fourth-order valence-corrected chi connectivity index (χ4v) is 13.5. The third-order valence-electron chi connectivity index (χ3n) is 15.8. The van der Waals surface area contributed by atoms with Crippen LogP contribution in [0.15, 0.2) is 54.1 Å². The summed E-state index contributed by atoms with van der Waals surface area (Å²) in [6.45, 7) is 9.09. The molecule has 2 aromatic carbocycles. The van der Waals surface area contributed by atoms with Crippen molar-refractivity contribution in [2.24, 2.45) is 11.3 Å². The molecule has 10 heteroatoms. The minimum Gasteiger partial charge on any atom is -0.496 e. The predicted molar refractivity (Wildman–Crippen MR) is 210 cm³/mol. The molecule has 3 N–H and O–H groups in total.